The Morgan fingerprint density at radius 1 is 1.07 bits per heavy atom. The van der Waals surface area contributed by atoms with Gasteiger partial charge in [0.05, 0.1) is 14.2 Å². The van der Waals surface area contributed by atoms with Gasteiger partial charge in [-0.3, -0.25) is 4.79 Å². The Morgan fingerprint density at radius 2 is 1.81 bits per heavy atom. The van der Waals surface area contributed by atoms with Gasteiger partial charge in [0, 0.05) is 36.2 Å². The zero-order valence-corrected chi connectivity index (χ0v) is 15.1. The van der Waals surface area contributed by atoms with Crippen LogP contribution in [0, 0.1) is 0 Å². The van der Waals surface area contributed by atoms with Crippen molar-refractivity contribution in [1.82, 2.24) is 10.1 Å². The number of carbonyl (C=O) groups is 1. The summed E-state index contributed by atoms with van der Waals surface area (Å²) in [7, 11) is 3.21. The summed E-state index contributed by atoms with van der Waals surface area (Å²) in [4.78, 5) is 18.7. The van der Waals surface area contributed by atoms with Crippen molar-refractivity contribution in [2.45, 2.75) is 12.3 Å². The SMILES string of the molecule is COc1cccc(-c2nc(C3CC(=O)N(c4cccc(OC)c4)C3)no2)c1. The maximum atomic E-state index is 12.5. The van der Waals surface area contributed by atoms with Gasteiger partial charge in [0.25, 0.3) is 5.89 Å². The van der Waals surface area contributed by atoms with Crippen LogP contribution in [-0.4, -0.2) is 36.8 Å². The van der Waals surface area contributed by atoms with Gasteiger partial charge >= 0.3 is 0 Å². The van der Waals surface area contributed by atoms with Crippen molar-refractivity contribution in [3.63, 3.8) is 0 Å². The second-order valence-electron chi connectivity index (χ2n) is 6.30. The molecule has 1 fully saturated rings. The van der Waals surface area contributed by atoms with Crippen LogP contribution in [0.4, 0.5) is 5.69 Å². The number of amides is 1. The average Bonchev–Trinajstić information content (AvgIpc) is 3.35. The molecule has 2 aromatic carbocycles. The Labute approximate surface area is 156 Å². The normalized spacial score (nSPS) is 16.6. The van der Waals surface area contributed by atoms with Gasteiger partial charge in [-0.1, -0.05) is 17.3 Å². The summed E-state index contributed by atoms with van der Waals surface area (Å²) in [6.45, 7) is 0.503. The molecule has 1 aliphatic rings. The van der Waals surface area contributed by atoms with E-state index in [0.717, 1.165) is 11.3 Å². The minimum Gasteiger partial charge on any atom is -0.497 e. The van der Waals surface area contributed by atoms with E-state index in [0.29, 0.717) is 36.2 Å². The molecule has 138 valence electrons. The molecule has 0 aliphatic carbocycles. The van der Waals surface area contributed by atoms with E-state index in [-0.39, 0.29) is 11.8 Å². The Morgan fingerprint density at radius 3 is 2.59 bits per heavy atom. The highest BCUT2D eigenvalue weighted by atomic mass is 16.5. The molecule has 0 saturated carbocycles. The van der Waals surface area contributed by atoms with Crippen LogP contribution in [0.5, 0.6) is 11.5 Å². The molecule has 0 bridgehead atoms. The van der Waals surface area contributed by atoms with Crippen molar-refractivity contribution in [3.8, 4) is 23.0 Å². The number of rotatable bonds is 5. The van der Waals surface area contributed by atoms with Crippen molar-refractivity contribution < 1.29 is 18.8 Å². The molecule has 0 radical (unpaired) electrons. The van der Waals surface area contributed by atoms with Gasteiger partial charge in [0.1, 0.15) is 11.5 Å². The van der Waals surface area contributed by atoms with Crippen LogP contribution < -0.4 is 14.4 Å². The lowest BCUT2D eigenvalue weighted by Gasteiger charge is -2.16. The molecule has 1 amide bonds. The molecule has 1 saturated heterocycles. The third-order valence-corrected chi connectivity index (χ3v) is 4.61. The monoisotopic (exact) mass is 365 g/mol. The van der Waals surface area contributed by atoms with Gasteiger partial charge in [0.2, 0.25) is 5.91 Å². The van der Waals surface area contributed by atoms with E-state index in [1.54, 1.807) is 19.1 Å². The number of aromatic nitrogens is 2. The molecule has 0 spiro atoms. The predicted molar refractivity (Wildman–Crippen MR) is 99.0 cm³/mol. The lowest BCUT2D eigenvalue weighted by molar-refractivity contribution is -0.117. The Balaban J connectivity index is 1.55. The maximum Gasteiger partial charge on any atom is 0.258 e. The van der Waals surface area contributed by atoms with Gasteiger partial charge in [0.15, 0.2) is 5.82 Å². The topological polar surface area (TPSA) is 77.7 Å². The largest absolute Gasteiger partial charge is 0.497 e. The average molecular weight is 365 g/mol. The molecule has 1 atom stereocenters. The number of anilines is 1. The highest BCUT2D eigenvalue weighted by Crippen LogP contribution is 2.33. The van der Waals surface area contributed by atoms with Crippen LogP contribution >= 0.6 is 0 Å². The van der Waals surface area contributed by atoms with E-state index >= 15 is 0 Å². The molecule has 4 rings (SSSR count). The lowest BCUT2D eigenvalue weighted by Crippen LogP contribution is -2.24. The van der Waals surface area contributed by atoms with Crippen molar-refractivity contribution in [1.29, 1.82) is 0 Å². The molecule has 1 unspecified atom stereocenters. The van der Waals surface area contributed by atoms with Crippen LogP contribution in [0.25, 0.3) is 11.5 Å². The second-order valence-corrected chi connectivity index (χ2v) is 6.30. The Bertz CT molecular complexity index is 969. The number of carbonyl (C=O) groups excluding carboxylic acids is 1. The fraction of sp³-hybridized carbons (Fsp3) is 0.250. The molecule has 3 aromatic rings. The predicted octanol–water partition coefficient (Wildman–Crippen LogP) is 3.27. The van der Waals surface area contributed by atoms with Crippen LogP contribution in [0.2, 0.25) is 0 Å². The third kappa shape index (κ3) is 3.36. The van der Waals surface area contributed by atoms with Gasteiger partial charge in [-0.15, -0.1) is 0 Å². The first-order chi connectivity index (χ1) is 13.2. The first-order valence-corrected chi connectivity index (χ1v) is 8.60. The number of hydrogen-bond donors (Lipinski definition) is 0. The quantitative estimate of drug-likeness (QED) is 0.691. The summed E-state index contributed by atoms with van der Waals surface area (Å²) in [6.07, 6.45) is 0.342. The van der Waals surface area contributed by atoms with Crippen molar-refractivity contribution in [2.24, 2.45) is 0 Å². The van der Waals surface area contributed by atoms with Crippen molar-refractivity contribution >= 4 is 11.6 Å². The molecule has 1 aromatic heterocycles. The van der Waals surface area contributed by atoms with E-state index in [1.165, 1.54) is 0 Å². The summed E-state index contributed by atoms with van der Waals surface area (Å²) in [5.41, 5.74) is 1.58. The first-order valence-electron chi connectivity index (χ1n) is 8.60. The van der Waals surface area contributed by atoms with Gasteiger partial charge in [-0.25, -0.2) is 0 Å². The summed E-state index contributed by atoms with van der Waals surface area (Å²) >= 11 is 0. The molecular formula is C20H19N3O4. The molecular weight excluding hydrogens is 346 g/mol. The number of methoxy groups -OCH3 is 2. The van der Waals surface area contributed by atoms with E-state index < -0.39 is 0 Å². The van der Waals surface area contributed by atoms with Crippen LogP contribution in [0.15, 0.2) is 53.1 Å². The maximum absolute atomic E-state index is 12.5. The minimum atomic E-state index is -0.119. The Kier molecular flexibility index (Phi) is 4.50. The Hall–Kier alpha value is -3.35. The van der Waals surface area contributed by atoms with Crippen molar-refractivity contribution in [3.05, 3.63) is 54.4 Å². The van der Waals surface area contributed by atoms with Crippen LogP contribution in [0.3, 0.4) is 0 Å². The highest BCUT2D eigenvalue weighted by Gasteiger charge is 2.34. The summed E-state index contributed by atoms with van der Waals surface area (Å²) < 4.78 is 15.9. The van der Waals surface area contributed by atoms with Crippen LogP contribution in [-0.2, 0) is 4.79 Å². The lowest BCUT2D eigenvalue weighted by atomic mass is 10.1. The number of ether oxygens (including phenoxy) is 2. The third-order valence-electron chi connectivity index (χ3n) is 4.61. The fourth-order valence-electron chi connectivity index (χ4n) is 3.18. The summed E-state index contributed by atoms with van der Waals surface area (Å²) in [6, 6.07) is 14.9. The molecule has 0 N–H and O–H groups in total. The van der Waals surface area contributed by atoms with Gasteiger partial charge in [-0.2, -0.15) is 4.98 Å². The molecule has 1 aliphatic heterocycles. The van der Waals surface area contributed by atoms with E-state index in [4.69, 9.17) is 14.0 Å². The van der Waals surface area contributed by atoms with Gasteiger partial charge in [-0.05, 0) is 30.3 Å². The molecule has 27 heavy (non-hydrogen) atoms. The number of nitrogens with zero attached hydrogens (tertiary/aromatic N) is 3. The molecule has 7 nitrogen and oxygen atoms in total. The van der Waals surface area contributed by atoms with Crippen molar-refractivity contribution in [2.75, 3.05) is 25.7 Å². The van der Waals surface area contributed by atoms with Crippen LogP contribution in [0.1, 0.15) is 18.2 Å². The smallest absolute Gasteiger partial charge is 0.258 e. The fourth-order valence-corrected chi connectivity index (χ4v) is 3.18. The van der Waals surface area contributed by atoms with E-state index in [9.17, 15) is 4.79 Å². The number of hydrogen-bond acceptors (Lipinski definition) is 6. The zero-order chi connectivity index (χ0) is 18.8. The summed E-state index contributed by atoms with van der Waals surface area (Å²) in [5.74, 6) is 2.28. The van der Waals surface area contributed by atoms with E-state index in [1.807, 2.05) is 48.5 Å². The first kappa shape index (κ1) is 17.1. The summed E-state index contributed by atoms with van der Waals surface area (Å²) in [5, 5.41) is 4.10. The van der Waals surface area contributed by atoms with E-state index in [2.05, 4.69) is 10.1 Å². The second kappa shape index (κ2) is 7.11. The molecule has 2 heterocycles. The van der Waals surface area contributed by atoms with Gasteiger partial charge < -0.3 is 18.9 Å². The number of benzene rings is 2. The standard InChI is InChI=1S/C20H19N3O4/c1-25-16-7-3-5-13(9-16)20-21-19(22-27-20)14-10-18(24)23(12-14)15-6-4-8-17(11-15)26-2/h3-9,11,14H,10,12H2,1-2H3. The molecule has 7 heteroatoms. The minimum absolute atomic E-state index is 0.0287. The highest BCUT2D eigenvalue weighted by molar-refractivity contribution is 5.96. The zero-order valence-electron chi connectivity index (χ0n) is 15.1.